The van der Waals surface area contributed by atoms with Gasteiger partial charge in [0.25, 0.3) is 0 Å². The van der Waals surface area contributed by atoms with Gasteiger partial charge in [0.2, 0.25) is 0 Å². The Labute approximate surface area is 132 Å². The zero-order chi connectivity index (χ0) is 15.1. The molecule has 0 atom stereocenters. The Morgan fingerprint density at radius 2 is 1.81 bits per heavy atom. The Bertz CT molecular complexity index is 583. The van der Waals surface area contributed by atoms with Crippen molar-refractivity contribution in [2.75, 3.05) is 13.6 Å². The van der Waals surface area contributed by atoms with Crippen molar-refractivity contribution in [2.45, 2.75) is 26.4 Å². The Kier molecular flexibility index (Phi) is 6.09. The summed E-state index contributed by atoms with van der Waals surface area (Å²) in [6, 6.07) is 14.3. The minimum atomic E-state index is 0.588. The van der Waals surface area contributed by atoms with Crippen LogP contribution in [-0.4, -0.2) is 13.6 Å². The third-order valence-corrected chi connectivity index (χ3v) is 3.92. The second-order valence-corrected chi connectivity index (χ2v) is 5.42. The van der Waals surface area contributed by atoms with E-state index in [-0.39, 0.29) is 0 Å². The molecule has 0 aliphatic carbocycles. The first-order valence-corrected chi connectivity index (χ1v) is 7.75. The van der Waals surface area contributed by atoms with Crippen LogP contribution in [0.3, 0.4) is 0 Å². The van der Waals surface area contributed by atoms with Gasteiger partial charge in [-0.15, -0.1) is 0 Å². The van der Waals surface area contributed by atoms with E-state index in [0.29, 0.717) is 6.61 Å². The zero-order valence-electron chi connectivity index (χ0n) is 12.7. The predicted molar refractivity (Wildman–Crippen MR) is 89.2 cm³/mol. The van der Waals surface area contributed by atoms with Gasteiger partial charge in [0, 0.05) is 5.02 Å². The number of halogens is 1. The second-order valence-electron chi connectivity index (χ2n) is 5.02. The number of benzene rings is 2. The van der Waals surface area contributed by atoms with Gasteiger partial charge in [0.15, 0.2) is 0 Å². The molecule has 0 bridgehead atoms. The van der Waals surface area contributed by atoms with Crippen LogP contribution in [0, 0.1) is 0 Å². The molecule has 3 heteroatoms. The third kappa shape index (κ3) is 4.48. The molecule has 0 aliphatic rings. The van der Waals surface area contributed by atoms with Gasteiger partial charge in [-0.2, -0.15) is 0 Å². The molecule has 0 radical (unpaired) electrons. The van der Waals surface area contributed by atoms with Gasteiger partial charge in [0.1, 0.15) is 12.4 Å². The Balaban J connectivity index is 2.06. The maximum Gasteiger partial charge on any atom is 0.120 e. The van der Waals surface area contributed by atoms with E-state index < -0.39 is 0 Å². The van der Waals surface area contributed by atoms with Crippen LogP contribution in [0.25, 0.3) is 0 Å². The van der Waals surface area contributed by atoms with Gasteiger partial charge < -0.3 is 10.1 Å². The maximum atomic E-state index is 6.13. The minimum absolute atomic E-state index is 0.588. The van der Waals surface area contributed by atoms with Crippen molar-refractivity contribution in [2.24, 2.45) is 0 Å². The van der Waals surface area contributed by atoms with E-state index in [0.717, 1.165) is 35.7 Å². The first-order chi connectivity index (χ1) is 10.2. The van der Waals surface area contributed by atoms with Gasteiger partial charge >= 0.3 is 0 Å². The van der Waals surface area contributed by atoms with Crippen molar-refractivity contribution in [1.29, 1.82) is 0 Å². The Morgan fingerprint density at radius 3 is 2.52 bits per heavy atom. The fraction of sp³-hybridized carbons (Fsp3) is 0.333. The van der Waals surface area contributed by atoms with Crippen molar-refractivity contribution in [3.05, 3.63) is 64.2 Å². The molecular weight excluding hydrogens is 282 g/mol. The average molecular weight is 304 g/mol. The van der Waals surface area contributed by atoms with Crippen LogP contribution in [-0.2, 0) is 19.4 Å². The summed E-state index contributed by atoms with van der Waals surface area (Å²) in [7, 11) is 1.97. The van der Waals surface area contributed by atoms with Crippen LogP contribution >= 0.6 is 11.6 Å². The summed E-state index contributed by atoms with van der Waals surface area (Å²) in [5.41, 5.74) is 3.69. The summed E-state index contributed by atoms with van der Waals surface area (Å²) < 4.78 is 5.93. The lowest BCUT2D eigenvalue weighted by atomic mass is 10.1. The van der Waals surface area contributed by atoms with Crippen molar-refractivity contribution in [1.82, 2.24) is 5.32 Å². The molecule has 21 heavy (non-hydrogen) atoms. The molecule has 1 N–H and O–H groups in total. The van der Waals surface area contributed by atoms with Crippen molar-refractivity contribution in [3.63, 3.8) is 0 Å². The molecule has 0 aromatic heterocycles. The summed E-state index contributed by atoms with van der Waals surface area (Å²) in [5, 5.41) is 3.99. The average Bonchev–Trinajstić information content (AvgIpc) is 2.53. The SMILES string of the molecule is CCc1cc(OCc2ccccc2CCNC)ccc1Cl. The molecule has 112 valence electrons. The molecule has 0 spiro atoms. The predicted octanol–water partition coefficient (Wildman–Crippen LogP) is 4.24. The minimum Gasteiger partial charge on any atom is -0.489 e. The molecular formula is C18H22ClNO. The van der Waals surface area contributed by atoms with Gasteiger partial charge in [-0.1, -0.05) is 42.8 Å². The fourth-order valence-electron chi connectivity index (χ4n) is 2.27. The zero-order valence-corrected chi connectivity index (χ0v) is 13.4. The van der Waals surface area contributed by atoms with E-state index in [1.54, 1.807) is 0 Å². The highest BCUT2D eigenvalue weighted by atomic mass is 35.5. The quantitative estimate of drug-likeness (QED) is 0.826. The molecule has 2 aromatic carbocycles. The molecule has 0 saturated heterocycles. The standard InChI is InChI=1S/C18H22ClNO/c1-3-14-12-17(8-9-18(14)19)21-13-16-7-5-4-6-15(16)10-11-20-2/h4-9,12,20H,3,10-11,13H2,1-2H3. The molecule has 2 nitrogen and oxygen atoms in total. The highest BCUT2D eigenvalue weighted by Crippen LogP contribution is 2.23. The molecule has 0 heterocycles. The topological polar surface area (TPSA) is 21.3 Å². The third-order valence-electron chi connectivity index (χ3n) is 3.56. The lowest BCUT2D eigenvalue weighted by Crippen LogP contribution is -2.12. The normalized spacial score (nSPS) is 10.6. The number of hydrogen-bond acceptors (Lipinski definition) is 2. The molecule has 0 unspecified atom stereocenters. The summed E-state index contributed by atoms with van der Waals surface area (Å²) in [5.74, 6) is 0.875. The van der Waals surface area contributed by atoms with Crippen LogP contribution < -0.4 is 10.1 Å². The molecule has 0 aliphatic heterocycles. The summed E-state index contributed by atoms with van der Waals surface area (Å²) in [6.07, 6.45) is 1.92. The van der Waals surface area contributed by atoms with Crippen molar-refractivity contribution >= 4 is 11.6 Å². The smallest absolute Gasteiger partial charge is 0.120 e. The number of aryl methyl sites for hydroxylation is 1. The number of hydrogen-bond donors (Lipinski definition) is 1. The van der Waals surface area contributed by atoms with Gasteiger partial charge in [-0.25, -0.2) is 0 Å². The van der Waals surface area contributed by atoms with Crippen LogP contribution in [0.4, 0.5) is 0 Å². The summed E-state index contributed by atoms with van der Waals surface area (Å²) >= 11 is 6.13. The number of nitrogens with one attached hydrogen (secondary N) is 1. The maximum absolute atomic E-state index is 6.13. The first-order valence-electron chi connectivity index (χ1n) is 7.37. The van der Waals surface area contributed by atoms with Gasteiger partial charge in [-0.05, 0) is 61.3 Å². The van der Waals surface area contributed by atoms with E-state index in [1.807, 2.05) is 25.2 Å². The molecule has 0 saturated carbocycles. The van der Waals surface area contributed by atoms with E-state index in [1.165, 1.54) is 11.1 Å². The fourth-order valence-corrected chi connectivity index (χ4v) is 2.53. The van der Waals surface area contributed by atoms with Crippen LogP contribution in [0.5, 0.6) is 5.75 Å². The van der Waals surface area contributed by atoms with E-state index in [2.05, 4.69) is 36.5 Å². The Hall–Kier alpha value is -1.51. The first kappa shape index (κ1) is 15.9. The lowest BCUT2D eigenvalue weighted by Gasteiger charge is -2.12. The van der Waals surface area contributed by atoms with Crippen LogP contribution in [0.2, 0.25) is 5.02 Å². The van der Waals surface area contributed by atoms with Crippen LogP contribution in [0.1, 0.15) is 23.6 Å². The van der Waals surface area contributed by atoms with E-state index in [9.17, 15) is 0 Å². The van der Waals surface area contributed by atoms with Crippen molar-refractivity contribution in [3.8, 4) is 5.75 Å². The summed E-state index contributed by atoms with van der Waals surface area (Å²) in [4.78, 5) is 0. The highest BCUT2D eigenvalue weighted by molar-refractivity contribution is 6.31. The second kappa shape index (κ2) is 8.06. The van der Waals surface area contributed by atoms with E-state index in [4.69, 9.17) is 16.3 Å². The Morgan fingerprint density at radius 1 is 1.05 bits per heavy atom. The lowest BCUT2D eigenvalue weighted by molar-refractivity contribution is 0.304. The largest absolute Gasteiger partial charge is 0.489 e. The summed E-state index contributed by atoms with van der Waals surface area (Å²) in [6.45, 7) is 3.65. The number of likely N-dealkylation sites (N-methyl/N-ethyl adjacent to an activating group) is 1. The van der Waals surface area contributed by atoms with Crippen LogP contribution in [0.15, 0.2) is 42.5 Å². The number of rotatable bonds is 7. The van der Waals surface area contributed by atoms with E-state index >= 15 is 0 Å². The van der Waals surface area contributed by atoms with Crippen molar-refractivity contribution < 1.29 is 4.74 Å². The number of ether oxygens (including phenoxy) is 1. The molecule has 2 aromatic rings. The molecule has 0 amide bonds. The molecule has 0 fully saturated rings. The monoisotopic (exact) mass is 303 g/mol. The highest BCUT2D eigenvalue weighted by Gasteiger charge is 2.04. The van der Waals surface area contributed by atoms with Gasteiger partial charge in [-0.3, -0.25) is 0 Å². The van der Waals surface area contributed by atoms with Gasteiger partial charge in [0.05, 0.1) is 0 Å². The molecule has 2 rings (SSSR count).